The van der Waals surface area contributed by atoms with E-state index in [1.165, 1.54) is 0 Å². The molecular formula is C12H9N5. The number of nitrogens with zero attached hydrogens (tertiary/aromatic N) is 4. The van der Waals surface area contributed by atoms with E-state index < -0.39 is 0 Å². The van der Waals surface area contributed by atoms with Gasteiger partial charge in [0, 0.05) is 35.9 Å². The first-order chi connectivity index (χ1) is 8.45. The molecule has 0 aliphatic carbocycles. The number of hydrogen-bond acceptors (Lipinski definition) is 4. The van der Waals surface area contributed by atoms with Crippen LogP contribution in [0, 0.1) is 0 Å². The standard InChI is InChI=1S/C12H9N5/c1-2-9(6-13-3-1)12-10(7-16-17-12)11-8-14-4-5-15-11/h1-8H,(H,16,17). The first kappa shape index (κ1) is 9.65. The molecule has 0 amide bonds. The maximum atomic E-state index is 4.26. The van der Waals surface area contributed by atoms with Crippen molar-refractivity contribution in [1.82, 2.24) is 25.1 Å². The molecule has 0 aliphatic heterocycles. The monoisotopic (exact) mass is 223 g/mol. The van der Waals surface area contributed by atoms with Gasteiger partial charge in [0.1, 0.15) is 0 Å². The molecule has 1 N–H and O–H groups in total. The summed E-state index contributed by atoms with van der Waals surface area (Å²) in [5.41, 5.74) is 3.59. The first-order valence-electron chi connectivity index (χ1n) is 5.15. The van der Waals surface area contributed by atoms with Crippen molar-refractivity contribution in [1.29, 1.82) is 0 Å². The Morgan fingerprint density at radius 3 is 2.65 bits per heavy atom. The predicted molar refractivity (Wildman–Crippen MR) is 62.8 cm³/mol. The molecule has 5 nitrogen and oxygen atoms in total. The number of rotatable bonds is 2. The van der Waals surface area contributed by atoms with E-state index in [-0.39, 0.29) is 0 Å². The second kappa shape index (κ2) is 4.13. The maximum Gasteiger partial charge on any atom is 0.0923 e. The van der Waals surface area contributed by atoms with Gasteiger partial charge in [-0.2, -0.15) is 5.10 Å². The highest BCUT2D eigenvalue weighted by Gasteiger charge is 2.10. The van der Waals surface area contributed by atoms with Crippen LogP contribution in [0.1, 0.15) is 0 Å². The second-order valence-corrected chi connectivity index (χ2v) is 3.49. The molecule has 17 heavy (non-hydrogen) atoms. The highest BCUT2D eigenvalue weighted by molar-refractivity contribution is 5.77. The van der Waals surface area contributed by atoms with Crippen molar-refractivity contribution in [2.24, 2.45) is 0 Å². The van der Waals surface area contributed by atoms with Crippen LogP contribution in [0.5, 0.6) is 0 Å². The van der Waals surface area contributed by atoms with Gasteiger partial charge in [-0.25, -0.2) is 0 Å². The van der Waals surface area contributed by atoms with Crippen molar-refractivity contribution in [3.05, 3.63) is 49.3 Å². The molecule has 5 heteroatoms. The highest BCUT2D eigenvalue weighted by atomic mass is 15.1. The molecule has 0 unspecified atom stereocenters. The van der Waals surface area contributed by atoms with Gasteiger partial charge in [-0.15, -0.1) is 0 Å². The largest absolute Gasteiger partial charge is 0.277 e. The van der Waals surface area contributed by atoms with E-state index in [9.17, 15) is 0 Å². The minimum atomic E-state index is 0.792. The van der Waals surface area contributed by atoms with Crippen LogP contribution in [-0.4, -0.2) is 25.1 Å². The van der Waals surface area contributed by atoms with E-state index in [4.69, 9.17) is 0 Å². The molecule has 0 spiro atoms. The SMILES string of the molecule is c1cncc(-c2[nH]ncc2-c2cnccn2)c1. The molecule has 0 saturated heterocycles. The molecule has 0 aromatic carbocycles. The zero-order chi connectivity index (χ0) is 11.5. The van der Waals surface area contributed by atoms with Crippen molar-refractivity contribution in [2.75, 3.05) is 0 Å². The van der Waals surface area contributed by atoms with Gasteiger partial charge in [0.25, 0.3) is 0 Å². The minimum absolute atomic E-state index is 0.792. The van der Waals surface area contributed by atoms with Crippen LogP contribution < -0.4 is 0 Å². The van der Waals surface area contributed by atoms with Crippen LogP contribution in [0.2, 0.25) is 0 Å². The summed E-state index contributed by atoms with van der Waals surface area (Å²) >= 11 is 0. The average molecular weight is 223 g/mol. The smallest absolute Gasteiger partial charge is 0.0923 e. The summed E-state index contributed by atoms with van der Waals surface area (Å²) in [6.07, 6.45) is 10.3. The van der Waals surface area contributed by atoms with Crippen molar-refractivity contribution >= 4 is 0 Å². The fourth-order valence-corrected chi connectivity index (χ4v) is 1.65. The Morgan fingerprint density at radius 1 is 0.941 bits per heavy atom. The molecule has 3 aromatic heterocycles. The lowest BCUT2D eigenvalue weighted by Crippen LogP contribution is -1.86. The van der Waals surface area contributed by atoms with Crippen molar-refractivity contribution in [2.45, 2.75) is 0 Å². The molecule has 3 rings (SSSR count). The molecule has 0 fully saturated rings. The summed E-state index contributed by atoms with van der Waals surface area (Å²) < 4.78 is 0. The molecule has 82 valence electrons. The average Bonchev–Trinajstić information content (AvgIpc) is 2.90. The van der Waals surface area contributed by atoms with Gasteiger partial charge in [0.05, 0.1) is 23.8 Å². The van der Waals surface area contributed by atoms with Crippen molar-refractivity contribution < 1.29 is 0 Å². The van der Waals surface area contributed by atoms with Gasteiger partial charge in [-0.3, -0.25) is 20.1 Å². The van der Waals surface area contributed by atoms with Crippen LogP contribution in [-0.2, 0) is 0 Å². The lowest BCUT2D eigenvalue weighted by atomic mass is 10.1. The minimum Gasteiger partial charge on any atom is -0.277 e. The molecule has 0 atom stereocenters. The Bertz CT molecular complexity index is 549. The zero-order valence-corrected chi connectivity index (χ0v) is 8.91. The van der Waals surface area contributed by atoms with E-state index in [1.807, 2.05) is 12.1 Å². The third-order valence-electron chi connectivity index (χ3n) is 2.43. The quantitative estimate of drug-likeness (QED) is 0.720. The number of H-pyrrole nitrogens is 1. The summed E-state index contributed by atoms with van der Waals surface area (Å²) in [5.74, 6) is 0. The van der Waals surface area contributed by atoms with Crippen LogP contribution in [0.25, 0.3) is 22.5 Å². The summed E-state index contributed by atoms with van der Waals surface area (Å²) in [4.78, 5) is 12.4. The summed E-state index contributed by atoms with van der Waals surface area (Å²) in [6, 6.07) is 3.86. The van der Waals surface area contributed by atoms with Gasteiger partial charge in [-0.1, -0.05) is 0 Å². The predicted octanol–water partition coefficient (Wildman–Crippen LogP) is 1.93. The van der Waals surface area contributed by atoms with Crippen molar-refractivity contribution in [3.63, 3.8) is 0 Å². The molecule has 0 bridgehead atoms. The van der Waals surface area contributed by atoms with E-state index in [0.717, 1.165) is 22.5 Å². The highest BCUT2D eigenvalue weighted by Crippen LogP contribution is 2.27. The van der Waals surface area contributed by atoms with Gasteiger partial charge in [-0.05, 0) is 12.1 Å². The van der Waals surface area contributed by atoms with Gasteiger partial charge >= 0.3 is 0 Å². The lowest BCUT2D eigenvalue weighted by molar-refractivity contribution is 1.09. The molecule has 0 saturated carbocycles. The molecule has 3 heterocycles. The van der Waals surface area contributed by atoms with Crippen LogP contribution >= 0.6 is 0 Å². The first-order valence-corrected chi connectivity index (χ1v) is 5.15. The Morgan fingerprint density at radius 2 is 1.88 bits per heavy atom. The molecule has 0 radical (unpaired) electrons. The number of hydrogen-bond donors (Lipinski definition) is 1. The Hall–Kier alpha value is -2.56. The van der Waals surface area contributed by atoms with E-state index in [1.54, 1.807) is 37.2 Å². The Balaban J connectivity index is 2.13. The van der Waals surface area contributed by atoms with E-state index >= 15 is 0 Å². The lowest BCUT2D eigenvalue weighted by Gasteiger charge is -2.01. The topological polar surface area (TPSA) is 67.3 Å². The Labute approximate surface area is 97.6 Å². The third kappa shape index (κ3) is 1.78. The summed E-state index contributed by atoms with van der Waals surface area (Å²) in [5, 5.41) is 7.02. The molecule has 3 aromatic rings. The van der Waals surface area contributed by atoms with Crippen LogP contribution in [0.15, 0.2) is 49.3 Å². The Kier molecular flexibility index (Phi) is 2.34. The number of aromatic amines is 1. The fraction of sp³-hybridized carbons (Fsp3) is 0. The molecular weight excluding hydrogens is 214 g/mol. The third-order valence-corrected chi connectivity index (χ3v) is 2.43. The zero-order valence-electron chi connectivity index (χ0n) is 8.91. The van der Waals surface area contributed by atoms with Gasteiger partial charge < -0.3 is 0 Å². The maximum absolute atomic E-state index is 4.26. The van der Waals surface area contributed by atoms with E-state index in [0.29, 0.717) is 0 Å². The van der Waals surface area contributed by atoms with Gasteiger partial charge in [0.15, 0.2) is 0 Å². The van der Waals surface area contributed by atoms with Crippen LogP contribution in [0.4, 0.5) is 0 Å². The summed E-state index contributed by atoms with van der Waals surface area (Å²) in [7, 11) is 0. The van der Waals surface area contributed by atoms with Gasteiger partial charge in [0.2, 0.25) is 0 Å². The normalized spacial score (nSPS) is 10.4. The van der Waals surface area contributed by atoms with Crippen LogP contribution in [0.3, 0.4) is 0 Å². The number of pyridine rings is 1. The second-order valence-electron chi connectivity index (χ2n) is 3.49. The molecule has 0 aliphatic rings. The summed E-state index contributed by atoms with van der Waals surface area (Å²) in [6.45, 7) is 0. The van der Waals surface area contributed by atoms with E-state index in [2.05, 4.69) is 25.1 Å². The fourth-order valence-electron chi connectivity index (χ4n) is 1.65. The number of nitrogens with one attached hydrogen (secondary N) is 1. The number of aromatic nitrogens is 5. The van der Waals surface area contributed by atoms with Crippen molar-refractivity contribution in [3.8, 4) is 22.5 Å².